The summed E-state index contributed by atoms with van der Waals surface area (Å²) in [6, 6.07) is 9.78. The summed E-state index contributed by atoms with van der Waals surface area (Å²) >= 11 is 0. The van der Waals surface area contributed by atoms with Gasteiger partial charge in [0.15, 0.2) is 5.76 Å². The number of rotatable bonds is 2. The van der Waals surface area contributed by atoms with Crippen LogP contribution in [0.3, 0.4) is 0 Å². The standard InChI is InChI=1S/C16H10F2O2/c1-9-2-3-14-10(4-9)7-15(20-14)16(19)11-5-12(17)8-13(18)6-11/h2-8H,1H3. The van der Waals surface area contributed by atoms with Gasteiger partial charge in [0.2, 0.25) is 5.78 Å². The van der Waals surface area contributed by atoms with E-state index in [1.54, 1.807) is 12.1 Å². The van der Waals surface area contributed by atoms with E-state index in [9.17, 15) is 13.6 Å². The maximum absolute atomic E-state index is 13.1. The normalized spacial score (nSPS) is 10.9. The van der Waals surface area contributed by atoms with E-state index in [0.29, 0.717) is 5.58 Å². The fourth-order valence-corrected chi connectivity index (χ4v) is 2.10. The highest BCUT2D eigenvalue weighted by molar-refractivity contribution is 6.09. The monoisotopic (exact) mass is 272 g/mol. The minimum atomic E-state index is -0.791. The molecule has 0 saturated carbocycles. The minimum absolute atomic E-state index is 0.0654. The van der Waals surface area contributed by atoms with E-state index in [2.05, 4.69) is 0 Å². The van der Waals surface area contributed by atoms with Crippen molar-refractivity contribution in [2.45, 2.75) is 6.92 Å². The van der Waals surface area contributed by atoms with E-state index in [0.717, 1.165) is 29.1 Å². The third-order valence-corrected chi connectivity index (χ3v) is 3.02. The van der Waals surface area contributed by atoms with Crippen molar-refractivity contribution in [3.8, 4) is 0 Å². The van der Waals surface area contributed by atoms with E-state index >= 15 is 0 Å². The van der Waals surface area contributed by atoms with E-state index < -0.39 is 17.4 Å². The van der Waals surface area contributed by atoms with Crippen molar-refractivity contribution in [3.63, 3.8) is 0 Å². The van der Waals surface area contributed by atoms with Gasteiger partial charge >= 0.3 is 0 Å². The van der Waals surface area contributed by atoms with Crippen LogP contribution in [0, 0.1) is 18.6 Å². The second-order valence-corrected chi connectivity index (χ2v) is 4.64. The van der Waals surface area contributed by atoms with Gasteiger partial charge in [-0.2, -0.15) is 0 Å². The molecular formula is C16H10F2O2. The molecule has 0 bridgehead atoms. The number of hydrogen-bond donors (Lipinski definition) is 0. The van der Waals surface area contributed by atoms with Gasteiger partial charge in [0.25, 0.3) is 0 Å². The summed E-state index contributed by atoms with van der Waals surface area (Å²) in [4.78, 5) is 12.2. The largest absolute Gasteiger partial charge is 0.453 e. The Kier molecular flexibility index (Phi) is 2.86. The molecule has 0 unspecified atom stereocenters. The first-order valence-electron chi connectivity index (χ1n) is 6.04. The summed E-state index contributed by atoms with van der Waals surface area (Å²) < 4.78 is 31.7. The molecule has 0 aliphatic heterocycles. The average molecular weight is 272 g/mol. The van der Waals surface area contributed by atoms with Crippen LogP contribution in [-0.2, 0) is 0 Å². The molecule has 0 saturated heterocycles. The molecule has 1 aromatic heterocycles. The van der Waals surface area contributed by atoms with Crippen LogP contribution < -0.4 is 0 Å². The summed E-state index contributed by atoms with van der Waals surface area (Å²) in [5, 5.41) is 0.783. The van der Waals surface area contributed by atoms with Crippen molar-refractivity contribution >= 4 is 16.8 Å². The molecule has 3 rings (SSSR count). The van der Waals surface area contributed by atoms with E-state index in [1.165, 1.54) is 0 Å². The molecule has 0 aliphatic carbocycles. The van der Waals surface area contributed by atoms with Gasteiger partial charge in [-0.15, -0.1) is 0 Å². The lowest BCUT2D eigenvalue weighted by molar-refractivity contribution is 0.101. The second-order valence-electron chi connectivity index (χ2n) is 4.64. The van der Waals surface area contributed by atoms with Crippen molar-refractivity contribution < 1.29 is 18.0 Å². The highest BCUT2D eigenvalue weighted by Gasteiger charge is 2.16. The Balaban J connectivity index is 2.07. The number of hydrogen-bond acceptors (Lipinski definition) is 2. The van der Waals surface area contributed by atoms with E-state index in [4.69, 9.17) is 4.42 Å². The van der Waals surface area contributed by atoms with Crippen molar-refractivity contribution in [2.75, 3.05) is 0 Å². The van der Waals surface area contributed by atoms with Crippen LogP contribution in [0.2, 0.25) is 0 Å². The van der Waals surface area contributed by atoms with Crippen LogP contribution in [0.4, 0.5) is 8.78 Å². The number of aryl methyl sites for hydroxylation is 1. The fourth-order valence-electron chi connectivity index (χ4n) is 2.10. The van der Waals surface area contributed by atoms with Gasteiger partial charge in [0, 0.05) is 17.0 Å². The molecule has 0 fully saturated rings. The fraction of sp³-hybridized carbons (Fsp3) is 0.0625. The lowest BCUT2D eigenvalue weighted by atomic mass is 10.1. The first-order chi connectivity index (χ1) is 9.52. The molecule has 20 heavy (non-hydrogen) atoms. The summed E-state index contributed by atoms with van der Waals surface area (Å²) in [5.74, 6) is -2.06. The Morgan fingerprint density at radius 2 is 1.70 bits per heavy atom. The van der Waals surface area contributed by atoms with Gasteiger partial charge in [0.1, 0.15) is 17.2 Å². The molecule has 0 N–H and O–H groups in total. The molecule has 2 nitrogen and oxygen atoms in total. The Morgan fingerprint density at radius 1 is 1.00 bits per heavy atom. The van der Waals surface area contributed by atoms with Gasteiger partial charge < -0.3 is 4.42 Å². The van der Waals surface area contributed by atoms with Crippen LogP contribution in [0.25, 0.3) is 11.0 Å². The molecule has 0 spiro atoms. The summed E-state index contributed by atoms with van der Waals surface area (Å²) in [7, 11) is 0. The first-order valence-corrected chi connectivity index (χ1v) is 6.04. The highest BCUT2D eigenvalue weighted by atomic mass is 19.1. The highest BCUT2D eigenvalue weighted by Crippen LogP contribution is 2.23. The zero-order valence-electron chi connectivity index (χ0n) is 10.6. The summed E-state index contributed by atoms with van der Waals surface area (Å²) in [5.41, 5.74) is 1.53. The smallest absolute Gasteiger partial charge is 0.228 e. The molecule has 0 atom stereocenters. The minimum Gasteiger partial charge on any atom is -0.453 e. The predicted octanol–water partition coefficient (Wildman–Crippen LogP) is 4.25. The topological polar surface area (TPSA) is 30.2 Å². The molecule has 3 aromatic rings. The number of furan rings is 1. The molecular weight excluding hydrogens is 262 g/mol. The van der Waals surface area contributed by atoms with E-state index in [-0.39, 0.29) is 11.3 Å². The summed E-state index contributed by atoms with van der Waals surface area (Å²) in [6.07, 6.45) is 0. The maximum atomic E-state index is 13.1. The van der Waals surface area contributed by atoms with Crippen LogP contribution in [0.15, 0.2) is 46.9 Å². The van der Waals surface area contributed by atoms with Crippen molar-refractivity contribution in [1.82, 2.24) is 0 Å². The van der Waals surface area contributed by atoms with Crippen LogP contribution in [0.5, 0.6) is 0 Å². The lowest BCUT2D eigenvalue weighted by Crippen LogP contribution is -2.01. The molecule has 1 heterocycles. The predicted molar refractivity (Wildman–Crippen MR) is 70.7 cm³/mol. The van der Waals surface area contributed by atoms with Crippen molar-refractivity contribution in [3.05, 3.63) is 71.0 Å². The second kappa shape index (κ2) is 4.56. The first kappa shape index (κ1) is 12.5. The zero-order chi connectivity index (χ0) is 14.3. The molecule has 4 heteroatoms. The Bertz CT molecular complexity index is 798. The summed E-state index contributed by atoms with van der Waals surface area (Å²) in [6.45, 7) is 1.93. The van der Waals surface area contributed by atoms with Gasteiger partial charge in [-0.1, -0.05) is 11.6 Å². The quantitative estimate of drug-likeness (QED) is 0.653. The number of ketones is 1. The van der Waals surface area contributed by atoms with Crippen LogP contribution in [-0.4, -0.2) is 5.78 Å². The van der Waals surface area contributed by atoms with Crippen LogP contribution >= 0.6 is 0 Å². The molecule has 2 aromatic carbocycles. The van der Waals surface area contributed by atoms with Gasteiger partial charge in [-0.05, 0) is 37.3 Å². The van der Waals surface area contributed by atoms with E-state index in [1.807, 2.05) is 19.1 Å². The number of carbonyl (C=O) groups excluding carboxylic acids is 1. The molecule has 0 amide bonds. The number of halogens is 2. The van der Waals surface area contributed by atoms with Gasteiger partial charge in [-0.25, -0.2) is 8.78 Å². The Morgan fingerprint density at radius 3 is 2.40 bits per heavy atom. The average Bonchev–Trinajstić information content (AvgIpc) is 2.79. The Hall–Kier alpha value is -2.49. The van der Waals surface area contributed by atoms with Gasteiger partial charge in [-0.3, -0.25) is 4.79 Å². The number of carbonyl (C=O) groups is 1. The number of fused-ring (bicyclic) bond motifs is 1. The van der Waals surface area contributed by atoms with Gasteiger partial charge in [0.05, 0.1) is 0 Å². The van der Waals surface area contributed by atoms with Crippen molar-refractivity contribution in [1.29, 1.82) is 0 Å². The molecule has 100 valence electrons. The third-order valence-electron chi connectivity index (χ3n) is 3.02. The maximum Gasteiger partial charge on any atom is 0.228 e. The third kappa shape index (κ3) is 2.20. The molecule has 0 aliphatic rings. The number of benzene rings is 2. The Labute approximate surface area is 113 Å². The SMILES string of the molecule is Cc1ccc2oc(C(=O)c3cc(F)cc(F)c3)cc2c1. The van der Waals surface area contributed by atoms with Crippen LogP contribution in [0.1, 0.15) is 21.7 Å². The van der Waals surface area contributed by atoms with Crippen molar-refractivity contribution in [2.24, 2.45) is 0 Å². The zero-order valence-corrected chi connectivity index (χ0v) is 10.6. The lowest BCUT2D eigenvalue weighted by Gasteiger charge is -1.98. The molecule has 0 radical (unpaired) electrons.